The van der Waals surface area contributed by atoms with Gasteiger partial charge in [0, 0.05) is 22.2 Å². The van der Waals surface area contributed by atoms with E-state index in [1.165, 1.54) is 0 Å². The molecule has 1 aromatic carbocycles. The third-order valence-corrected chi connectivity index (χ3v) is 3.99. The predicted octanol–water partition coefficient (Wildman–Crippen LogP) is 3.40. The first-order valence-electron chi connectivity index (χ1n) is 7.31. The number of benzene rings is 1. The highest BCUT2D eigenvalue weighted by Gasteiger charge is 2.12. The van der Waals surface area contributed by atoms with Gasteiger partial charge in [-0.05, 0) is 35.2 Å². The Kier molecular flexibility index (Phi) is 5.11. The molecular formula is C17H16N2O4P+. The maximum Gasteiger partial charge on any atom is 0.695 e. The Balaban J connectivity index is 1.80. The lowest BCUT2D eigenvalue weighted by atomic mass is 10.0. The van der Waals surface area contributed by atoms with E-state index in [0.29, 0.717) is 11.5 Å². The van der Waals surface area contributed by atoms with E-state index in [1.54, 1.807) is 13.3 Å². The van der Waals surface area contributed by atoms with Crippen molar-refractivity contribution in [3.63, 3.8) is 0 Å². The van der Waals surface area contributed by atoms with Crippen molar-refractivity contribution in [2.75, 3.05) is 7.11 Å². The minimum Gasteiger partial charge on any atom is -0.481 e. The van der Waals surface area contributed by atoms with Crippen molar-refractivity contribution < 1.29 is 18.7 Å². The van der Waals surface area contributed by atoms with E-state index in [0.717, 1.165) is 28.5 Å². The monoisotopic (exact) mass is 343 g/mol. The average molecular weight is 343 g/mol. The molecule has 1 atom stereocenters. The van der Waals surface area contributed by atoms with Gasteiger partial charge in [0.1, 0.15) is 6.61 Å². The lowest BCUT2D eigenvalue weighted by Crippen LogP contribution is -1.95. The Labute approximate surface area is 140 Å². The standard InChI is InChI=1S/C17H15N2O4P/c1-22-16-7-6-15-14(8-9-18-17(15)19-16)10-12-2-4-13(5-3-12)11-23-24(20)21/h2-9H,10-11H2,1H3/p+1. The van der Waals surface area contributed by atoms with Gasteiger partial charge in [-0.15, -0.1) is 9.42 Å². The molecule has 2 aromatic heterocycles. The van der Waals surface area contributed by atoms with Crippen LogP contribution in [-0.4, -0.2) is 22.0 Å². The maximum absolute atomic E-state index is 10.6. The Morgan fingerprint density at radius 3 is 2.54 bits per heavy atom. The Hall–Kier alpha value is -2.40. The minimum atomic E-state index is -2.57. The highest BCUT2D eigenvalue weighted by molar-refractivity contribution is 7.32. The summed E-state index contributed by atoms with van der Waals surface area (Å²) in [5.41, 5.74) is 3.75. The smallest absolute Gasteiger partial charge is 0.481 e. The van der Waals surface area contributed by atoms with Gasteiger partial charge >= 0.3 is 8.25 Å². The number of fused-ring (bicyclic) bond motifs is 1. The molecule has 0 aliphatic rings. The SMILES string of the molecule is COc1ccc2c(Cc3ccc(CO[P+](=O)O)cc3)ccnc2n1. The van der Waals surface area contributed by atoms with Gasteiger partial charge in [-0.3, -0.25) is 0 Å². The number of hydrogen-bond donors (Lipinski definition) is 1. The normalized spacial score (nSPS) is 11.5. The van der Waals surface area contributed by atoms with Gasteiger partial charge < -0.3 is 4.74 Å². The number of ether oxygens (including phenoxy) is 1. The molecule has 0 amide bonds. The van der Waals surface area contributed by atoms with Crippen molar-refractivity contribution in [3.8, 4) is 5.88 Å². The van der Waals surface area contributed by atoms with E-state index >= 15 is 0 Å². The highest BCUT2D eigenvalue weighted by Crippen LogP contribution is 2.22. The van der Waals surface area contributed by atoms with Crippen molar-refractivity contribution in [3.05, 3.63) is 65.4 Å². The van der Waals surface area contributed by atoms with Gasteiger partial charge in [-0.25, -0.2) is 4.98 Å². The number of rotatable bonds is 6. The van der Waals surface area contributed by atoms with Crippen LogP contribution in [0.25, 0.3) is 11.0 Å². The van der Waals surface area contributed by atoms with Gasteiger partial charge in [0.2, 0.25) is 5.88 Å². The molecule has 2 heterocycles. The van der Waals surface area contributed by atoms with Crippen molar-refractivity contribution in [1.82, 2.24) is 9.97 Å². The van der Waals surface area contributed by atoms with Crippen molar-refractivity contribution in [2.24, 2.45) is 0 Å². The molecule has 1 unspecified atom stereocenters. The molecule has 0 saturated carbocycles. The van der Waals surface area contributed by atoms with Crippen LogP contribution < -0.4 is 4.74 Å². The summed E-state index contributed by atoms with van der Waals surface area (Å²) in [6.45, 7) is 0.119. The molecule has 7 heteroatoms. The molecule has 0 radical (unpaired) electrons. The molecule has 6 nitrogen and oxygen atoms in total. The largest absolute Gasteiger partial charge is 0.695 e. The van der Waals surface area contributed by atoms with E-state index in [4.69, 9.17) is 14.2 Å². The van der Waals surface area contributed by atoms with E-state index < -0.39 is 8.25 Å². The van der Waals surface area contributed by atoms with Crippen LogP contribution in [0.3, 0.4) is 0 Å². The number of pyridine rings is 2. The molecule has 0 fully saturated rings. The van der Waals surface area contributed by atoms with Gasteiger partial charge in [-0.1, -0.05) is 24.3 Å². The lowest BCUT2D eigenvalue weighted by Gasteiger charge is -2.07. The number of aromatic nitrogens is 2. The average Bonchev–Trinajstić information content (AvgIpc) is 2.61. The first-order chi connectivity index (χ1) is 11.7. The Morgan fingerprint density at radius 2 is 1.83 bits per heavy atom. The van der Waals surface area contributed by atoms with E-state index in [1.807, 2.05) is 42.5 Å². The third-order valence-electron chi connectivity index (χ3n) is 3.64. The van der Waals surface area contributed by atoms with Crippen molar-refractivity contribution in [1.29, 1.82) is 0 Å². The molecule has 3 aromatic rings. The summed E-state index contributed by atoms with van der Waals surface area (Å²) in [6.07, 6.45) is 2.48. The summed E-state index contributed by atoms with van der Waals surface area (Å²) in [6, 6.07) is 13.5. The van der Waals surface area contributed by atoms with E-state index in [2.05, 4.69) is 9.97 Å². The fourth-order valence-electron chi connectivity index (χ4n) is 2.44. The molecule has 122 valence electrons. The zero-order valence-corrected chi connectivity index (χ0v) is 13.9. The summed E-state index contributed by atoms with van der Waals surface area (Å²) in [5.74, 6) is 0.540. The molecule has 1 N–H and O–H groups in total. The first kappa shape index (κ1) is 16.5. The van der Waals surface area contributed by atoms with Crippen molar-refractivity contribution in [2.45, 2.75) is 13.0 Å². The van der Waals surface area contributed by atoms with E-state index in [9.17, 15) is 4.57 Å². The van der Waals surface area contributed by atoms with Crippen LogP contribution in [0, 0.1) is 0 Å². The summed E-state index contributed by atoms with van der Waals surface area (Å²) >= 11 is 0. The van der Waals surface area contributed by atoms with Gasteiger partial charge in [0.25, 0.3) is 0 Å². The van der Waals surface area contributed by atoms with Gasteiger partial charge in [0.15, 0.2) is 5.65 Å². The van der Waals surface area contributed by atoms with Gasteiger partial charge in [-0.2, -0.15) is 4.98 Å². The first-order valence-corrected chi connectivity index (χ1v) is 8.44. The second-order valence-corrected chi connectivity index (χ2v) is 5.93. The summed E-state index contributed by atoms with van der Waals surface area (Å²) in [7, 11) is -0.990. The van der Waals surface area contributed by atoms with Crippen LogP contribution in [0.4, 0.5) is 0 Å². The lowest BCUT2D eigenvalue weighted by molar-refractivity contribution is 0.272. The molecule has 0 spiro atoms. The molecule has 0 bridgehead atoms. The van der Waals surface area contributed by atoms with Crippen LogP contribution in [0.15, 0.2) is 48.7 Å². The zero-order chi connectivity index (χ0) is 16.9. The Bertz CT molecular complexity index is 868. The zero-order valence-electron chi connectivity index (χ0n) is 13.0. The topological polar surface area (TPSA) is 81.5 Å². The molecular weight excluding hydrogens is 327 g/mol. The van der Waals surface area contributed by atoms with Crippen LogP contribution in [0.1, 0.15) is 16.7 Å². The van der Waals surface area contributed by atoms with Crippen LogP contribution in [0.5, 0.6) is 5.88 Å². The maximum atomic E-state index is 10.6. The highest BCUT2D eigenvalue weighted by atomic mass is 31.1. The summed E-state index contributed by atoms with van der Waals surface area (Å²) in [5, 5.41) is 0.989. The number of hydrogen-bond acceptors (Lipinski definition) is 5. The predicted molar refractivity (Wildman–Crippen MR) is 90.0 cm³/mol. The number of nitrogens with zero attached hydrogens (tertiary/aromatic N) is 2. The summed E-state index contributed by atoms with van der Waals surface area (Å²) < 4.78 is 20.4. The fraction of sp³-hybridized carbons (Fsp3) is 0.176. The van der Waals surface area contributed by atoms with E-state index in [-0.39, 0.29) is 6.61 Å². The minimum absolute atomic E-state index is 0.119. The quantitative estimate of drug-likeness (QED) is 0.691. The molecule has 0 aliphatic carbocycles. The molecule has 3 rings (SSSR count). The van der Waals surface area contributed by atoms with Crippen LogP contribution in [-0.2, 0) is 22.1 Å². The second-order valence-electron chi connectivity index (χ2n) is 5.20. The third kappa shape index (κ3) is 3.92. The second kappa shape index (κ2) is 7.45. The Morgan fingerprint density at radius 1 is 1.08 bits per heavy atom. The van der Waals surface area contributed by atoms with Gasteiger partial charge in [0.05, 0.1) is 7.11 Å². The molecule has 0 aliphatic heterocycles. The molecule has 0 saturated heterocycles. The fourth-order valence-corrected chi connectivity index (χ4v) is 2.70. The van der Waals surface area contributed by atoms with Crippen LogP contribution in [0.2, 0.25) is 0 Å². The van der Waals surface area contributed by atoms with Crippen LogP contribution >= 0.6 is 8.25 Å². The molecule has 24 heavy (non-hydrogen) atoms. The number of methoxy groups -OCH3 is 1. The summed E-state index contributed by atoms with van der Waals surface area (Å²) in [4.78, 5) is 17.3. The van der Waals surface area contributed by atoms with Crippen molar-refractivity contribution >= 4 is 19.3 Å².